The number of rotatable bonds is 4. The Bertz CT molecular complexity index is 596. The van der Waals surface area contributed by atoms with Crippen LogP contribution >= 0.6 is 11.6 Å². The van der Waals surface area contributed by atoms with Crippen molar-refractivity contribution in [1.82, 2.24) is 0 Å². The predicted octanol–water partition coefficient (Wildman–Crippen LogP) is 4.47. The quantitative estimate of drug-likeness (QED) is 0.894. The van der Waals surface area contributed by atoms with Crippen LogP contribution in [0, 0.1) is 12.7 Å². The Morgan fingerprint density at radius 2 is 1.85 bits per heavy atom. The van der Waals surface area contributed by atoms with Gasteiger partial charge in [0, 0.05) is 37.0 Å². The third kappa shape index (κ3) is 3.23. The van der Waals surface area contributed by atoms with Crippen LogP contribution in [0.15, 0.2) is 36.4 Å². The molecular formula is C16H18ClFN2. The van der Waals surface area contributed by atoms with Gasteiger partial charge in [-0.15, -0.1) is 0 Å². The summed E-state index contributed by atoms with van der Waals surface area (Å²) in [7, 11) is 3.84. The monoisotopic (exact) mass is 292 g/mol. The van der Waals surface area contributed by atoms with Gasteiger partial charge in [0.1, 0.15) is 5.82 Å². The second-order valence-corrected chi connectivity index (χ2v) is 5.25. The zero-order chi connectivity index (χ0) is 14.7. The highest BCUT2D eigenvalue weighted by Crippen LogP contribution is 2.24. The lowest BCUT2D eigenvalue weighted by Gasteiger charge is -2.20. The highest BCUT2D eigenvalue weighted by atomic mass is 35.5. The van der Waals surface area contributed by atoms with Crippen LogP contribution in [0.1, 0.15) is 11.1 Å². The van der Waals surface area contributed by atoms with Crippen molar-refractivity contribution >= 4 is 23.0 Å². The van der Waals surface area contributed by atoms with Crippen LogP contribution < -0.4 is 10.2 Å². The fourth-order valence-corrected chi connectivity index (χ4v) is 2.32. The highest BCUT2D eigenvalue weighted by molar-refractivity contribution is 6.31. The molecule has 0 spiro atoms. The summed E-state index contributed by atoms with van der Waals surface area (Å²) in [6.45, 7) is 2.28. The summed E-state index contributed by atoms with van der Waals surface area (Å²) in [6, 6.07) is 11.2. The average molecular weight is 293 g/mol. The van der Waals surface area contributed by atoms with Crippen molar-refractivity contribution in [2.24, 2.45) is 0 Å². The first-order valence-corrected chi connectivity index (χ1v) is 6.82. The van der Waals surface area contributed by atoms with Crippen LogP contribution in [-0.4, -0.2) is 14.1 Å². The fraction of sp³-hybridized carbons (Fsp3) is 0.250. The minimum absolute atomic E-state index is 0.219. The molecule has 0 fully saturated rings. The minimum Gasteiger partial charge on any atom is -0.388 e. The smallest absolute Gasteiger partial charge is 0.126 e. The van der Waals surface area contributed by atoms with Crippen LogP contribution in [0.3, 0.4) is 0 Å². The summed E-state index contributed by atoms with van der Waals surface area (Å²) in [5.74, 6) is -0.219. The molecule has 0 saturated carbocycles. The zero-order valence-electron chi connectivity index (χ0n) is 11.9. The van der Waals surface area contributed by atoms with Crippen LogP contribution in [0.2, 0.25) is 5.02 Å². The second kappa shape index (κ2) is 6.14. The molecule has 0 radical (unpaired) electrons. The Balaban J connectivity index is 2.18. The lowest BCUT2D eigenvalue weighted by molar-refractivity contribution is 0.616. The van der Waals surface area contributed by atoms with Gasteiger partial charge in [0.25, 0.3) is 0 Å². The first kappa shape index (κ1) is 14.7. The first-order valence-electron chi connectivity index (χ1n) is 6.44. The molecule has 0 bridgehead atoms. The molecular weight excluding hydrogens is 275 g/mol. The molecule has 1 N–H and O–H groups in total. The SMILES string of the molecule is CNc1ccc(N(C)Cc2cc(F)c(C)cc2Cl)cc1. The normalized spacial score (nSPS) is 10.4. The molecule has 2 nitrogen and oxygen atoms in total. The summed E-state index contributed by atoms with van der Waals surface area (Å²) >= 11 is 6.18. The largest absolute Gasteiger partial charge is 0.388 e. The van der Waals surface area contributed by atoms with E-state index in [0.29, 0.717) is 17.1 Å². The van der Waals surface area contributed by atoms with E-state index in [4.69, 9.17) is 11.6 Å². The average Bonchev–Trinajstić information content (AvgIpc) is 2.44. The predicted molar refractivity (Wildman–Crippen MR) is 84.2 cm³/mol. The topological polar surface area (TPSA) is 15.3 Å². The molecule has 0 aliphatic carbocycles. The number of halogens is 2. The molecule has 0 aromatic heterocycles. The van der Waals surface area contributed by atoms with Gasteiger partial charge in [-0.1, -0.05) is 11.6 Å². The van der Waals surface area contributed by atoms with E-state index >= 15 is 0 Å². The van der Waals surface area contributed by atoms with Crippen molar-refractivity contribution in [3.63, 3.8) is 0 Å². The number of anilines is 2. The molecule has 0 atom stereocenters. The van der Waals surface area contributed by atoms with Crippen LogP contribution in [-0.2, 0) is 6.54 Å². The Morgan fingerprint density at radius 1 is 1.20 bits per heavy atom. The Hall–Kier alpha value is -1.74. The molecule has 20 heavy (non-hydrogen) atoms. The van der Waals surface area contributed by atoms with E-state index in [1.807, 2.05) is 43.3 Å². The third-order valence-corrected chi connectivity index (χ3v) is 3.68. The number of nitrogens with one attached hydrogen (secondary N) is 1. The molecule has 4 heteroatoms. The summed E-state index contributed by atoms with van der Waals surface area (Å²) in [4.78, 5) is 2.04. The van der Waals surface area contributed by atoms with Crippen LogP contribution in [0.4, 0.5) is 15.8 Å². The number of nitrogens with zero attached hydrogens (tertiary/aromatic N) is 1. The Labute approximate surface area is 124 Å². The van der Waals surface area contributed by atoms with Crippen molar-refractivity contribution in [3.8, 4) is 0 Å². The van der Waals surface area contributed by atoms with Crippen molar-refractivity contribution in [2.75, 3.05) is 24.3 Å². The summed E-state index contributed by atoms with van der Waals surface area (Å²) < 4.78 is 13.6. The lowest BCUT2D eigenvalue weighted by Crippen LogP contribution is -2.16. The number of hydrogen-bond donors (Lipinski definition) is 1. The molecule has 0 unspecified atom stereocenters. The molecule has 2 aromatic carbocycles. The van der Waals surface area contributed by atoms with E-state index in [0.717, 1.165) is 16.9 Å². The van der Waals surface area contributed by atoms with E-state index in [1.54, 1.807) is 13.0 Å². The van der Waals surface area contributed by atoms with Gasteiger partial charge in [0.2, 0.25) is 0 Å². The first-order chi connectivity index (χ1) is 9.51. The molecule has 0 aliphatic heterocycles. The van der Waals surface area contributed by atoms with Gasteiger partial charge in [-0.05, 0) is 54.4 Å². The number of aryl methyl sites for hydroxylation is 1. The highest BCUT2D eigenvalue weighted by Gasteiger charge is 2.09. The Morgan fingerprint density at radius 3 is 2.45 bits per heavy atom. The van der Waals surface area contributed by atoms with Crippen molar-refractivity contribution in [3.05, 3.63) is 58.4 Å². The zero-order valence-corrected chi connectivity index (χ0v) is 12.6. The molecule has 106 valence electrons. The standard InChI is InChI=1S/C16H18ClFN2/c1-11-8-15(17)12(9-16(11)18)10-20(3)14-6-4-13(19-2)5-7-14/h4-9,19H,10H2,1-3H3. The number of benzene rings is 2. The maximum atomic E-state index is 13.6. The van der Waals surface area contributed by atoms with Gasteiger partial charge in [-0.25, -0.2) is 4.39 Å². The maximum Gasteiger partial charge on any atom is 0.126 e. The van der Waals surface area contributed by atoms with E-state index in [2.05, 4.69) is 5.32 Å². The molecule has 0 amide bonds. The summed E-state index contributed by atoms with van der Waals surface area (Å²) in [5.41, 5.74) is 3.47. The van der Waals surface area contributed by atoms with Crippen molar-refractivity contribution < 1.29 is 4.39 Å². The molecule has 2 aromatic rings. The van der Waals surface area contributed by atoms with Gasteiger partial charge in [0.15, 0.2) is 0 Å². The van der Waals surface area contributed by atoms with Gasteiger partial charge in [-0.3, -0.25) is 0 Å². The Kier molecular flexibility index (Phi) is 4.50. The van der Waals surface area contributed by atoms with Crippen molar-refractivity contribution in [1.29, 1.82) is 0 Å². The second-order valence-electron chi connectivity index (χ2n) is 4.85. The van der Waals surface area contributed by atoms with E-state index in [9.17, 15) is 4.39 Å². The fourth-order valence-electron chi connectivity index (χ4n) is 2.04. The number of hydrogen-bond acceptors (Lipinski definition) is 2. The third-order valence-electron chi connectivity index (χ3n) is 3.33. The maximum absolute atomic E-state index is 13.6. The van der Waals surface area contributed by atoms with Gasteiger partial charge >= 0.3 is 0 Å². The van der Waals surface area contributed by atoms with Gasteiger partial charge in [0.05, 0.1) is 0 Å². The van der Waals surface area contributed by atoms with E-state index in [1.165, 1.54) is 6.07 Å². The summed E-state index contributed by atoms with van der Waals surface area (Å²) in [6.07, 6.45) is 0. The van der Waals surface area contributed by atoms with Crippen molar-refractivity contribution in [2.45, 2.75) is 13.5 Å². The lowest BCUT2D eigenvalue weighted by atomic mass is 10.1. The summed E-state index contributed by atoms with van der Waals surface area (Å²) in [5, 5.41) is 3.68. The molecule has 2 rings (SSSR count). The van der Waals surface area contributed by atoms with Gasteiger partial charge < -0.3 is 10.2 Å². The molecule has 0 heterocycles. The van der Waals surface area contributed by atoms with Crippen LogP contribution in [0.5, 0.6) is 0 Å². The van der Waals surface area contributed by atoms with Crippen LogP contribution in [0.25, 0.3) is 0 Å². The van der Waals surface area contributed by atoms with E-state index < -0.39 is 0 Å². The molecule has 0 aliphatic rings. The minimum atomic E-state index is -0.219. The van der Waals surface area contributed by atoms with E-state index in [-0.39, 0.29) is 5.82 Å². The molecule has 0 saturated heterocycles. The van der Waals surface area contributed by atoms with Gasteiger partial charge in [-0.2, -0.15) is 0 Å².